The Morgan fingerprint density at radius 2 is 1.89 bits per heavy atom. The number of likely N-dealkylation sites (tertiary alicyclic amines) is 1. The monoisotopic (exact) mass is 527 g/mol. The fourth-order valence-electron chi connectivity index (χ4n) is 5.72. The molecule has 0 bridgehead atoms. The van der Waals surface area contributed by atoms with E-state index in [9.17, 15) is 9.59 Å². The molecule has 0 unspecified atom stereocenters. The van der Waals surface area contributed by atoms with Crippen molar-refractivity contribution < 1.29 is 9.47 Å². The molecule has 1 saturated heterocycles. The van der Waals surface area contributed by atoms with Crippen molar-refractivity contribution in [1.82, 2.24) is 14.5 Å². The third kappa shape index (κ3) is 4.31. The Morgan fingerprint density at radius 3 is 2.75 bits per heavy atom. The molecule has 0 spiro atoms. The number of rotatable bonds is 7. The maximum atomic E-state index is 13.0. The first-order valence-corrected chi connectivity index (χ1v) is 13.1. The first kappa shape index (κ1) is 24.9. The number of methoxy groups -OCH3 is 1. The average molecular weight is 528 g/mol. The first-order valence-electron chi connectivity index (χ1n) is 12.3. The number of benzene rings is 2. The molecule has 0 radical (unpaired) electrons. The highest BCUT2D eigenvalue weighted by Crippen LogP contribution is 2.46. The minimum atomic E-state index is -0.317. The van der Waals surface area contributed by atoms with E-state index in [0.29, 0.717) is 28.6 Å². The Balaban J connectivity index is 0.00000267. The zero-order valence-corrected chi connectivity index (χ0v) is 21.8. The predicted octanol–water partition coefficient (Wildman–Crippen LogP) is 4.61. The van der Waals surface area contributed by atoms with Gasteiger partial charge >= 0.3 is 5.69 Å². The zero-order valence-electron chi connectivity index (χ0n) is 20.2. The number of H-pyrrole nitrogens is 1. The molecule has 6 rings (SSSR count). The van der Waals surface area contributed by atoms with Gasteiger partial charge in [-0.05, 0) is 37.6 Å². The van der Waals surface area contributed by atoms with Crippen molar-refractivity contribution in [3.05, 3.63) is 68.9 Å². The molecule has 36 heavy (non-hydrogen) atoms. The summed E-state index contributed by atoms with van der Waals surface area (Å²) in [7, 11) is 1.72. The molecule has 0 saturated carbocycles. The highest BCUT2D eigenvalue weighted by atomic mass is 35.5. The summed E-state index contributed by atoms with van der Waals surface area (Å²) in [5, 5.41) is 0.936. The summed E-state index contributed by atoms with van der Waals surface area (Å²) in [5.41, 5.74) is 1.38. The molecule has 0 aliphatic carbocycles. The molecule has 4 aromatic rings. The van der Waals surface area contributed by atoms with Gasteiger partial charge in [-0.25, -0.2) is 4.79 Å². The first-order chi connectivity index (χ1) is 17.1. The number of fused-ring (bicyclic) bond motifs is 6. The molecule has 2 aromatic heterocycles. The molecule has 1 N–H and O–H groups in total. The van der Waals surface area contributed by atoms with Crippen molar-refractivity contribution in [2.45, 2.75) is 31.7 Å². The van der Waals surface area contributed by atoms with Gasteiger partial charge in [0.1, 0.15) is 16.2 Å². The van der Waals surface area contributed by atoms with Crippen molar-refractivity contribution in [3.63, 3.8) is 0 Å². The molecule has 2 aromatic carbocycles. The number of aromatic amines is 1. The second-order valence-corrected chi connectivity index (χ2v) is 10.6. The van der Waals surface area contributed by atoms with Gasteiger partial charge in [0, 0.05) is 47.1 Å². The summed E-state index contributed by atoms with van der Waals surface area (Å²) in [4.78, 5) is 31.1. The van der Waals surface area contributed by atoms with E-state index in [2.05, 4.69) is 9.88 Å². The molecule has 190 valence electrons. The largest absolute Gasteiger partial charge is 0.496 e. The van der Waals surface area contributed by atoms with E-state index in [0.717, 1.165) is 67.1 Å². The minimum absolute atomic E-state index is 0. The summed E-state index contributed by atoms with van der Waals surface area (Å²) < 4.78 is 14.7. The number of nitrogens with one attached hydrogen (secondary N) is 1. The van der Waals surface area contributed by atoms with Gasteiger partial charge in [0.05, 0.1) is 19.2 Å². The van der Waals surface area contributed by atoms with Crippen LogP contribution in [0.1, 0.15) is 30.7 Å². The topological polar surface area (TPSA) is 76.6 Å². The second-order valence-electron chi connectivity index (χ2n) is 9.56. The lowest BCUT2D eigenvalue weighted by atomic mass is 9.86. The number of nitrogens with zero attached hydrogens (tertiary/aromatic N) is 2. The Hall–Kier alpha value is -2.81. The maximum Gasteiger partial charge on any atom is 0.328 e. The summed E-state index contributed by atoms with van der Waals surface area (Å²) in [6.07, 6.45) is 2.81. The number of thiophene rings is 1. The van der Waals surface area contributed by atoms with E-state index in [-0.39, 0.29) is 23.7 Å². The molecule has 2 atom stereocenters. The van der Waals surface area contributed by atoms with Crippen LogP contribution < -0.4 is 20.7 Å². The summed E-state index contributed by atoms with van der Waals surface area (Å²) in [6.45, 7) is 4.26. The zero-order chi connectivity index (χ0) is 23.9. The average Bonchev–Trinajstić information content (AvgIpc) is 3.46. The molecule has 0 amide bonds. The minimum Gasteiger partial charge on any atom is -0.496 e. The van der Waals surface area contributed by atoms with E-state index >= 15 is 0 Å². The van der Waals surface area contributed by atoms with Gasteiger partial charge < -0.3 is 19.4 Å². The van der Waals surface area contributed by atoms with Crippen LogP contribution in [0.4, 0.5) is 0 Å². The molecule has 2 aliphatic heterocycles. The SMILES string of the molecule is COc1cccc2c1[C@@H]1CN(CCCCCn3c(=O)[nH]c4c(sc5ccccc54)c3=O)C[C@H]1CO2.Cl. The third-order valence-electron chi connectivity index (χ3n) is 7.45. The highest BCUT2D eigenvalue weighted by Gasteiger charge is 2.40. The van der Waals surface area contributed by atoms with Gasteiger partial charge in [0.2, 0.25) is 0 Å². The number of hydrogen-bond acceptors (Lipinski definition) is 6. The van der Waals surface area contributed by atoms with Crippen LogP contribution in [0.2, 0.25) is 0 Å². The molecule has 9 heteroatoms. The standard InChI is InChI=1S/C27H29N3O4S.ClH/c1-33-20-9-7-10-21-23(20)19-15-29(14-17(19)16-34-21)12-5-2-6-13-30-26(31)25-24(28-27(30)32)18-8-3-4-11-22(18)35-25;/h3-4,7-11,17,19H,2,5-6,12-16H2,1H3,(H,28,32);1H/t17-,19+;/m0./s1. The van der Waals surface area contributed by atoms with E-state index < -0.39 is 0 Å². The van der Waals surface area contributed by atoms with E-state index in [1.54, 1.807) is 7.11 Å². The maximum absolute atomic E-state index is 13.0. The lowest BCUT2D eigenvalue weighted by Crippen LogP contribution is -2.34. The number of unbranched alkanes of at least 4 members (excludes halogenated alkanes) is 2. The van der Waals surface area contributed by atoms with Crippen molar-refractivity contribution in [2.24, 2.45) is 5.92 Å². The molecule has 1 fully saturated rings. The summed E-state index contributed by atoms with van der Waals surface area (Å²) >= 11 is 1.45. The van der Waals surface area contributed by atoms with Crippen LogP contribution in [0.3, 0.4) is 0 Å². The van der Waals surface area contributed by atoms with Gasteiger partial charge in [-0.15, -0.1) is 23.7 Å². The van der Waals surface area contributed by atoms with Crippen LogP contribution in [0, 0.1) is 5.92 Å². The van der Waals surface area contributed by atoms with Crippen LogP contribution >= 0.6 is 23.7 Å². The van der Waals surface area contributed by atoms with Crippen LogP contribution in [-0.4, -0.2) is 47.8 Å². The van der Waals surface area contributed by atoms with Crippen LogP contribution in [0.15, 0.2) is 52.1 Å². The highest BCUT2D eigenvalue weighted by molar-refractivity contribution is 7.25. The number of ether oxygens (including phenoxy) is 2. The molecular formula is C27H30ClN3O4S. The van der Waals surface area contributed by atoms with Gasteiger partial charge in [-0.2, -0.15) is 0 Å². The second kappa shape index (κ2) is 10.3. The van der Waals surface area contributed by atoms with E-state index in [4.69, 9.17) is 9.47 Å². The quantitative estimate of drug-likeness (QED) is 0.355. The predicted molar refractivity (Wildman–Crippen MR) is 146 cm³/mol. The van der Waals surface area contributed by atoms with Crippen molar-refractivity contribution in [2.75, 3.05) is 33.4 Å². The molecule has 4 heterocycles. The number of hydrogen-bond donors (Lipinski definition) is 1. The Kier molecular flexibility index (Phi) is 7.10. The molecular weight excluding hydrogens is 498 g/mol. The number of halogens is 1. The van der Waals surface area contributed by atoms with Gasteiger partial charge in [-0.3, -0.25) is 9.36 Å². The van der Waals surface area contributed by atoms with Gasteiger partial charge in [-0.1, -0.05) is 30.7 Å². The van der Waals surface area contributed by atoms with Crippen molar-refractivity contribution in [3.8, 4) is 11.5 Å². The molecule has 7 nitrogen and oxygen atoms in total. The Labute approximate surface area is 219 Å². The van der Waals surface area contributed by atoms with Crippen LogP contribution in [0.5, 0.6) is 11.5 Å². The molecule has 2 aliphatic rings. The van der Waals surface area contributed by atoms with Crippen molar-refractivity contribution >= 4 is 44.0 Å². The summed E-state index contributed by atoms with van der Waals surface area (Å²) in [5.74, 6) is 2.81. The van der Waals surface area contributed by atoms with Crippen molar-refractivity contribution in [1.29, 1.82) is 0 Å². The van der Waals surface area contributed by atoms with E-state index in [1.807, 2.05) is 42.5 Å². The van der Waals surface area contributed by atoms with Crippen LogP contribution in [-0.2, 0) is 6.54 Å². The fourth-order valence-corrected chi connectivity index (χ4v) is 6.83. The lowest BCUT2D eigenvalue weighted by molar-refractivity contribution is 0.209. The van der Waals surface area contributed by atoms with Gasteiger partial charge in [0.15, 0.2) is 0 Å². The number of aromatic nitrogens is 2. The lowest BCUT2D eigenvalue weighted by Gasteiger charge is -2.29. The Morgan fingerprint density at radius 1 is 1.06 bits per heavy atom. The summed E-state index contributed by atoms with van der Waals surface area (Å²) in [6, 6.07) is 13.9. The Bertz CT molecular complexity index is 1500. The van der Waals surface area contributed by atoms with E-state index in [1.165, 1.54) is 21.5 Å². The smallest absolute Gasteiger partial charge is 0.328 e. The van der Waals surface area contributed by atoms with Crippen LogP contribution in [0.25, 0.3) is 20.3 Å². The normalized spacial score (nSPS) is 19.0. The van der Waals surface area contributed by atoms with Gasteiger partial charge in [0.25, 0.3) is 5.56 Å². The third-order valence-corrected chi connectivity index (χ3v) is 8.61. The fraction of sp³-hybridized carbons (Fsp3) is 0.407.